The summed E-state index contributed by atoms with van der Waals surface area (Å²) in [5.74, 6) is 0. The molecule has 0 spiro atoms. The van der Waals surface area contributed by atoms with Crippen molar-refractivity contribution in [2.45, 2.75) is 38.9 Å². The van der Waals surface area contributed by atoms with Crippen molar-refractivity contribution in [2.75, 3.05) is 0 Å². The molecule has 0 saturated carbocycles. The number of nitrogens with zero attached hydrogens (tertiary/aromatic N) is 1. The van der Waals surface area contributed by atoms with E-state index in [0.717, 1.165) is 16.7 Å². The second-order valence-electron chi connectivity index (χ2n) is 11.3. The molecule has 5 aromatic carbocycles. The van der Waals surface area contributed by atoms with Gasteiger partial charge < -0.3 is 13.9 Å². The van der Waals surface area contributed by atoms with E-state index >= 15 is 0 Å². The molecule has 6 aromatic rings. The van der Waals surface area contributed by atoms with Gasteiger partial charge in [0.1, 0.15) is 0 Å². The van der Waals surface area contributed by atoms with E-state index in [4.69, 9.17) is 9.31 Å². The second-order valence-corrected chi connectivity index (χ2v) is 11.3. The van der Waals surface area contributed by atoms with Gasteiger partial charge in [0.05, 0.1) is 22.2 Å². The molecule has 0 radical (unpaired) electrons. The first-order valence-corrected chi connectivity index (χ1v) is 13.3. The molecule has 1 aliphatic rings. The zero-order valence-electron chi connectivity index (χ0n) is 22.2. The standard InChI is InChI=1S/C34H30BNO2/c1-33(2)34(3,4)38-35(37-33)27-17-19-30-29-18-16-26(25-15-14-23-10-8-9-11-24(23)20-25)21-31(29)36(32(30)22-27)28-12-6-5-7-13-28/h5-22H,1-4H3. The topological polar surface area (TPSA) is 23.4 Å². The SMILES string of the molecule is CC1(C)OB(c2ccc3c4ccc(-c5ccc6ccccc6c5)cc4n(-c4ccccc4)c3c2)OC1(C)C. The second kappa shape index (κ2) is 8.32. The third-order valence-corrected chi connectivity index (χ3v) is 8.41. The third-order valence-electron chi connectivity index (χ3n) is 8.41. The first kappa shape index (κ1) is 23.3. The fourth-order valence-electron chi connectivity index (χ4n) is 5.57. The summed E-state index contributed by atoms with van der Waals surface area (Å²) in [6.07, 6.45) is 0. The Balaban J connectivity index is 1.44. The summed E-state index contributed by atoms with van der Waals surface area (Å²) in [5.41, 5.74) is 6.15. The zero-order valence-corrected chi connectivity index (χ0v) is 22.2. The van der Waals surface area contributed by atoms with Gasteiger partial charge in [0, 0.05) is 16.5 Å². The Morgan fingerprint density at radius 3 is 1.87 bits per heavy atom. The summed E-state index contributed by atoms with van der Waals surface area (Å²) >= 11 is 0. The van der Waals surface area contributed by atoms with E-state index in [9.17, 15) is 0 Å². The molecule has 0 amide bonds. The van der Waals surface area contributed by atoms with E-state index in [1.807, 2.05) is 0 Å². The fraction of sp³-hybridized carbons (Fsp3) is 0.176. The van der Waals surface area contributed by atoms with Gasteiger partial charge in [0.25, 0.3) is 0 Å². The summed E-state index contributed by atoms with van der Waals surface area (Å²) in [6.45, 7) is 8.39. The molecule has 186 valence electrons. The van der Waals surface area contributed by atoms with Crippen LogP contribution >= 0.6 is 0 Å². The van der Waals surface area contributed by atoms with Crippen molar-refractivity contribution >= 4 is 45.2 Å². The van der Waals surface area contributed by atoms with E-state index in [-0.39, 0.29) is 11.2 Å². The lowest BCUT2D eigenvalue weighted by atomic mass is 9.79. The number of fused-ring (bicyclic) bond motifs is 4. The monoisotopic (exact) mass is 495 g/mol. The maximum absolute atomic E-state index is 6.40. The number of benzene rings is 5. The van der Waals surface area contributed by atoms with Crippen LogP contribution in [0.2, 0.25) is 0 Å². The Morgan fingerprint density at radius 2 is 1.13 bits per heavy atom. The zero-order chi connectivity index (χ0) is 26.1. The van der Waals surface area contributed by atoms with Crippen LogP contribution in [0.5, 0.6) is 0 Å². The molecule has 1 aliphatic heterocycles. The number of para-hydroxylation sites is 1. The summed E-state index contributed by atoms with van der Waals surface area (Å²) in [5, 5.41) is 4.95. The van der Waals surface area contributed by atoms with Crippen molar-refractivity contribution in [3.05, 3.63) is 109 Å². The Morgan fingerprint density at radius 1 is 0.553 bits per heavy atom. The molecule has 4 heteroatoms. The highest BCUT2D eigenvalue weighted by atomic mass is 16.7. The lowest BCUT2D eigenvalue weighted by molar-refractivity contribution is 0.00578. The highest BCUT2D eigenvalue weighted by Crippen LogP contribution is 2.38. The maximum atomic E-state index is 6.40. The molecule has 1 fully saturated rings. The highest BCUT2D eigenvalue weighted by Gasteiger charge is 2.51. The molecule has 0 N–H and O–H groups in total. The summed E-state index contributed by atoms with van der Waals surface area (Å²) in [6, 6.07) is 39.2. The van der Waals surface area contributed by atoms with Crippen LogP contribution in [0.1, 0.15) is 27.7 Å². The molecule has 3 nitrogen and oxygen atoms in total. The normalized spacial score (nSPS) is 16.6. The number of hydrogen-bond donors (Lipinski definition) is 0. The van der Waals surface area contributed by atoms with Crippen LogP contribution in [0.15, 0.2) is 109 Å². The van der Waals surface area contributed by atoms with Crippen molar-refractivity contribution in [1.29, 1.82) is 0 Å². The van der Waals surface area contributed by atoms with Gasteiger partial charge in [-0.05, 0) is 85.4 Å². The van der Waals surface area contributed by atoms with Crippen molar-refractivity contribution in [2.24, 2.45) is 0 Å². The molecule has 38 heavy (non-hydrogen) atoms. The van der Waals surface area contributed by atoms with Gasteiger partial charge in [-0.3, -0.25) is 0 Å². The van der Waals surface area contributed by atoms with Crippen molar-refractivity contribution < 1.29 is 9.31 Å². The van der Waals surface area contributed by atoms with E-state index < -0.39 is 7.12 Å². The maximum Gasteiger partial charge on any atom is 0.494 e. The Labute approximate surface area is 223 Å². The molecule has 0 unspecified atom stereocenters. The van der Waals surface area contributed by atoms with Gasteiger partial charge in [-0.15, -0.1) is 0 Å². The van der Waals surface area contributed by atoms with Crippen LogP contribution in [0.3, 0.4) is 0 Å². The third kappa shape index (κ3) is 3.59. The first-order chi connectivity index (χ1) is 18.3. The minimum absolute atomic E-state index is 0.381. The van der Waals surface area contributed by atoms with Crippen LogP contribution in [0, 0.1) is 0 Å². The van der Waals surface area contributed by atoms with Gasteiger partial charge in [-0.2, -0.15) is 0 Å². The number of rotatable bonds is 3. The Bertz CT molecular complexity index is 1820. The molecule has 1 saturated heterocycles. The Kier molecular flexibility index (Phi) is 5.10. The highest BCUT2D eigenvalue weighted by molar-refractivity contribution is 6.62. The number of aromatic nitrogens is 1. The average Bonchev–Trinajstić information content (AvgIpc) is 3.37. The fourth-order valence-corrected chi connectivity index (χ4v) is 5.57. The molecule has 7 rings (SSSR count). The predicted molar refractivity (Wildman–Crippen MR) is 159 cm³/mol. The van der Waals surface area contributed by atoms with Crippen LogP contribution in [0.4, 0.5) is 0 Å². The van der Waals surface area contributed by atoms with Crippen LogP contribution < -0.4 is 5.46 Å². The van der Waals surface area contributed by atoms with E-state index in [0.29, 0.717) is 0 Å². The molecular weight excluding hydrogens is 465 g/mol. The lowest BCUT2D eigenvalue weighted by Gasteiger charge is -2.32. The van der Waals surface area contributed by atoms with Gasteiger partial charge in [0.15, 0.2) is 0 Å². The molecular formula is C34H30BNO2. The molecule has 0 atom stereocenters. The van der Waals surface area contributed by atoms with Crippen molar-refractivity contribution in [3.8, 4) is 16.8 Å². The molecule has 0 bridgehead atoms. The molecule has 0 aliphatic carbocycles. The van der Waals surface area contributed by atoms with E-state index in [1.165, 1.54) is 38.2 Å². The minimum atomic E-state index is -0.403. The number of hydrogen-bond acceptors (Lipinski definition) is 2. The van der Waals surface area contributed by atoms with Crippen LogP contribution in [-0.2, 0) is 9.31 Å². The quantitative estimate of drug-likeness (QED) is 0.233. The van der Waals surface area contributed by atoms with Gasteiger partial charge in [-0.1, -0.05) is 78.9 Å². The van der Waals surface area contributed by atoms with Crippen LogP contribution in [-0.4, -0.2) is 22.9 Å². The van der Waals surface area contributed by atoms with E-state index in [2.05, 4.69) is 141 Å². The molecule has 1 aromatic heterocycles. The average molecular weight is 495 g/mol. The summed E-state index contributed by atoms with van der Waals surface area (Å²) in [7, 11) is -0.403. The van der Waals surface area contributed by atoms with Crippen molar-refractivity contribution in [1.82, 2.24) is 4.57 Å². The largest absolute Gasteiger partial charge is 0.494 e. The first-order valence-electron chi connectivity index (χ1n) is 13.3. The minimum Gasteiger partial charge on any atom is -0.399 e. The van der Waals surface area contributed by atoms with Gasteiger partial charge >= 0.3 is 7.12 Å². The predicted octanol–water partition coefficient (Wildman–Crippen LogP) is 7.90. The molecule has 2 heterocycles. The summed E-state index contributed by atoms with van der Waals surface area (Å²) < 4.78 is 15.2. The van der Waals surface area contributed by atoms with Crippen molar-refractivity contribution in [3.63, 3.8) is 0 Å². The van der Waals surface area contributed by atoms with Crippen LogP contribution in [0.25, 0.3) is 49.4 Å². The Hall–Kier alpha value is -3.86. The lowest BCUT2D eigenvalue weighted by Crippen LogP contribution is -2.41. The van der Waals surface area contributed by atoms with Gasteiger partial charge in [-0.25, -0.2) is 0 Å². The summed E-state index contributed by atoms with van der Waals surface area (Å²) in [4.78, 5) is 0. The smallest absolute Gasteiger partial charge is 0.399 e. The van der Waals surface area contributed by atoms with E-state index in [1.54, 1.807) is 0 Å². The van der Waals surface area contributed by atoms with Gasteiger partial charge in [0.2, 0.25) is 0 Å².